The van der Waals surface area contributed by atoms with Crippen LogP contribution in [0.15, 0.2) is 83.7 Å². The first-order valence-corrected chi connectivity index (χ1v) is 14.4. The maximum absolute atomic E-state index is 13.8. The number of nitrogens with zero attached hydrogens (tertiary/aromatic N) is 2. The molecule has 196 valence electrons. The molecule has 2 N–H and O–H groups in total. The number of hydroxylamine groups is 1. The van der Waals surface area contributed by atoms with Gasteiger partial charge in [0.2, 0.25) is 5.91 Å². The van der Waals surface area contributed by atoms with Gasteiger partial charge in [0, 0.05) is 34.0 Å². The van der Waals surface area contributed by atoms with E-state index in [1.165, 1.54) is 22.6 Å². The topological polar surface area (TPSA) is 130 Å². The van der Waals surface area contributed by atoms with Crippen molar-refractivity contribution in [2.24, 2.45) is 0 Å². The molecule has 11 heteroatoms. The van der Waals surface area contributed by atoms with Crippen molar-refractivity contribution in [3.63, 3.8) is 0 Å². The van der Waals surface area contributed by atoms with Crippen molar-refractivity contribution >= 4 is 33.0 Å². The standard InChI is InChI=1S/C27H25N3O6S2/c31-25(29-33)16-27(12-13-30(14-15-38(27,34)35)26(32)21-4-2-1-3-5-21)24-11-10-23(37-24)20-8-6-19(7-9-20)22-17-28-18-36-22/h1-11,17-18,33H,12-16H2,(H,29,31)/t27-/m0/s1. The molecule has 3 heterocycles. The Morgan fingerprint density at radius 3 is 2.45 bits per heavy atom. The number of thiophene rings is 1. The van der Waals surface area contributed by atoms with E-state index in [9.17, 15) is 23.2 Å². The van der Waals surface area contributed by atoms with Crippen LogP contribution in [0.2, 0.25) is 0 Å². The second kappa shape index (κ2) is 10.5. The van der Waals surface area contributed by atoms with E-state index < -0.39 is 26.9 Å². The van der Waals surface area contributed by atoms with Crippen molar-refractivity contribution in [1.29, 1.82) is 0 Å². The molecule has 2 aromatic heterocycles. The Hall–Kier alpha value is -3.80. The Labute approximate surface area is 223 Å². The van der Waals surface area contributed by atoms with Gasteiger partial charge in [-0.1, -0.05) is 42.5 Å². The lowest BCUT2D eigenvalue weighted by Gasteiger charge is -2.30. The highest BCUT2D eigenvalue weighted by Gasteiger charge is 2.49. The van der Waals surface area contributed by atoms with Gasteiger partial charge in [-0.2, -0.15) is 0 Å². The van der Waals surface area contributed by atoms with Crippen molar-refractivity contribution < 1.29 is 27.6 Å². The summed E-state index contributed by atoms with van der Waals surface area (Å²) in [5, 5.41) is 9.28. The molecule has 2 amide bonds. The average Bonchev–Trinajstić information content (AvgIpc) is 3.63. The summed E-state index contributed by atoms with van der Waals surface area (Å²) < 4.78 is 31.3. The second-order valence-electron chi connectivity index (χ2n) is 9.04. The zero-order valence-electron chi connectivity index (χ0n) is 20.2. The predicted octanol–water partition coefficient (Wildman–Crippen LogP) is 4.12. The summed E-state index contributed by atoms with van der Waals surface area (Å²) in [6, 6.07) is 19.8. The number of carbonyl (C=O) groups is 2. The van der Waals surface area contributed by atoms with Crippen LogP contribution in [0.3, 0.4) is 0 Å². The fraction of sp³-hybridized carbons (Fsp3) is 0.222. The fourth-order valence-electron chi connectivity index (χ4n) is 4.73. The molecule has 9 nitrogen and oxygen atoms in total. The summed E-state index contributed by atoms with van der Waals surface area (Å²) in [6.07, 6.45) is 2.55. The molecular weight excluding hydrogens is 526 g/mol. The van der Waals surface area contributed by atoms with Crippen LogP contribution in [-0.2, 0) is 19.4 Å². The Bertz CT molecular complexity index is 1530. The minimum absolute atomic E-state index is 0.0138. The van der Waals surface area contributed by atoms with Gasteiger partial charge in [0.1, 0.15) is 4.75 Å². The van der Waals surface area contributed by atoms with E-state index in [1.54, 1.807) is 48.1 Å². The van der Waals surface area contributed by atoms with Crippen molar-refractivity contribution in [1.82, 2.24) is 15.4 Å². The van der Waals surface area contributed by atoms with Crippen LogP contribution < -0.4 is 5.48 Å². The number of amides is 2. The molecule has 5 rings (SSSR count). The Morgan fingerprint density at radius 1 is 1.03 bits per heavy atom. The van der Waals surface area contributed by atoms with Crippen LogP contribution in [0.5, 0.6) is 0 Å². The third-order valence-corrected chi connectivity index (χ3v) is 10.8. The lowest BCUT2D eigenvalue weighted by Crippen LogP contribution is -2.41. The second-order valence-corrected chi connectivity index (χ2v) is 12.5. The minimum atomic E-state index is -3.91. The highest BCUT2D eigenvalue weighted by Crippen LogP contribution is 2.45. The molecule has 38 heavy (non-hydrogen) atoms. The van der Waals surface area contributed by atoms with Gasteiger partial charge in [-0.3, -0.25) is 14.8 Å². The van der Waals surface area contributed by atoms with Gasteiger partial charge >= 0.3 is 0 Å². The molecule has 4 aromatic rings. The van der Waals surface area contributed by atoms with Gasteiger partial charge in [-0.25, -0.2) is 18.9 Å². The smallest absolute Gasteiger partial charge is 0.253 e. The van der Waals surface area contributed by atoms with Crippen LogP contribution in [-0.4, -0.2) is 54.2 Å². The summed E-state index contributed by atoms with van der Waals surface area (Å²) in [4.78, 5) is 32.3. The average molecular weight is 552 g/mol. The van der Waals surface area contributed by atoms with Gasteiger partial charge in [-0.05, 0) is 36.2 Å². The molecule has 1 fully saturated rings. The van der Waals surface area contributed by atoms with Crippen molar-refractivity contribution in [2.75, 3.05) is 18.8 Å². The number of hydrogen-bond donors (Lipinski definition) is 2. The number of carbonyl (C=O) groups excluding carboxylic acids is 2. The molecule has 0 bridgehead atoms. The van der Waals surface area contributed by atoms with E-state index in [1.807, 2.05) is 30.3 Å². The van der Waals surface area contributed by atoms with Crippen LogP contribution in [0, 0.1) is 0 Å². The van der Waals surface area contributed by atoms with Crippen LogP contribution in [0.4, 0.5) is 0 Å². The SMILES string of the molecule is O=C(C[C@]1(c2ccc(-c3ccc(-c4cnco4)cc3)s2)CCN(C(=O)c2ccccc2)CCS1(=O)=O)NO. The zero-order valence-corrected chi connectivity index (χ0v) is 21.9. The van der Waals surface area contributed by atoms with E-state index in [0.717, 1.165) is 16.0 Å². The van der Waals surface area contributed by atoms with Gasteiger partial charge in [0.15, 0.2) is 22.0 Å². The van der Waals surface area contributed by atoms with Crippen LogP contribution in [0.1, 0.15) is 28.1 Å². The third-order valence-electron chi connectivity index (χ3n) is 6.83. The van der Waals surface area contributed by atoms with E-state index >= 15 is 0 Å². The van der Waals surface area contributed by atoms with Crippen LogP contribution in [0.25, 0.3) is 21.8 Å². The largest absolute Gasteiger partial charge is 0.444 e. The van der Waals surface area contributed by atoms with Gasteiger partial charge in [0.05, 0.1) is 18.4 Å². The normalized spacial score (nSPS) is 19.0. The van der Waals surface area contributed by atoms with E-state index in [4.69, 9.17) is 4.42 Å². The highest BCUT2D eigenvalue weighted by atomic mass is 32.2. The van der Waals surface area contributed by atoms with Crippen LogP contribution >= 0.6 is 11.3 Å². The quantitative estimate of drug-likeness (QED) is 0.272. The Kier molecular flexibility index (Phi) is 7.15. The maximum Gasteiger partial charge on any atom is 0.253 e. The Balaban J connectivity index is 1.48. The van der Waals surface area contributed by atoms with E-state index in [0.29, 0.717) is 16.2 Å². The number of oxazole rings is 1. The first-order valence-electron chi connectivity index (χ1n) is 11.9. The fourth-order valence-corrected chi connectivity index (χ4v) is 8.34. The van der Waals surface area contributed by atoms with E-state index in [2.05, 4.69) is 4.98 Å². The molecule has 0 radical (unpaired) electrons. The molecule has 0 unspecified atom stereocenters. The van der Waals surface area contributed by atoms with Crippen molar-refractivity contribution in [3.8, 4) is 21.8 Å². The monoisotopic (exact) mass is 551 g/mol. The molecule has 0 spiro atoms. The number of hydrogen-bond acceptors (Lipinski definition) is 8. The molecule has 0 saturated carbocycles. The molecular formula is C27H25N3O6S2. The minimum Gasteiger partial charge on any atom is -0.444 e. The third kappa shape index (κ3) is 4.87. The lowest BCUT2D eigenvalue weighted by molar-refractivity contribution is -0.129. The van der Waals surface area contributed by atoms with E-state index in [-0.39, 0.29) is 31.2 Å². The number of rotatable bonds is 6. The van der Waals surface area contributed by atoms with Gasteiger partial charge in [0.25, 0.3) is 5.91 Å². The summed E-state index contributed by atoms with van der Waals surface area (Å²) in [5.74, 6) is -0.732. The summed E-state index contributed by atoms with van der Waals surface area (Å²) in [7, 11) is -3.91. The molecule has 0 aliphatic carbocycles. The summed E-state index contributed by atoms with van der Waals surface area (Å²) in [5.41, 5.74) is 3.79. The first-order chi connectivity index (χ1) is 18.3. The van der Waals surface area contributed by atoms with Gasteiger partial charge < -0.3 is 9.32 Å². The molecule has 1 aliphatic rings. The number of nitrogens with one attached hydrogen (secondary N) is 1. The molecule has 1 aliphatic heterocycles. The van der Waals surface area contributed by atoms with Crippen molar-refractivity contribution in [3.05, 3.63) is 89.8 Å². The maximum atomic E-state index is 13.8. The molecule has 1 atom stereocenters. The molecule has 2 aromatic carbocycles. The van der Waals surface area contributed by atoms with Crippen molar-refractivity contribution in [2.45, 2.75) is 17.6 Å². The lowest BCUT2D eigenvalue weighted by atomic mass is 9.97. The Morgan fingerprint density at radius 2 is 1.76 bits per heavy atom. The summed E-state index contributed by atoms with van der Waals surface area (Å²) in [6.45, 7) is 0.157. The predicted molar refractivity (Wildman–Crippen MR) is 142 cm³/mol. The number of sulfone groups is 1. The number of benzene rings is 2. The van der Waals surface area contributed by atoms with Gasteiger partial charge in [-0.15, -0.1) is 11.3 Å². The first kappa shape index (κ1) is 25.8. The number of aromatic nitrogens is 1. The molecule has 1 saturated heterocycles. The summed E-state index contributed by atoms with van der Waals surface area (Å²) >= 11 is 1.28. The highest BCUT2D eigenvalue weighted by molar-refractivity contribution is 7.92. The zero-order chi connectivity index (χ0) is 26.8.